The van der Waals surface area contributed by atoms with E-state index < -0.39 is 0 Å². The zero-order chi connectivity index (χ0) is 26.4. The maximum atomic E-state index is 13.2. The Morgan fingerprint density at radius 1 is 1.19 bits per heavy atom. The first-order chi connectivity index (χ1) is 17.8. The van der Waals surface area contributed by atoms with Crippen LogP contribution in [0.1, 0.15) is 58.5 Å². The average molecular weight is 521 g/mol. The monoisotopic (exact) mass is 520 g/mol. The third-order valence-electron chi connectivity index (χ3n) is 6.36. The molecule has 0 fully saturated rings. The van der Waals surface area contributed by atoms with Crippen molar-refractivity contribution in [3.8, 4) is 5.75 Å². The van der Waals surface area contributed by atoms with E-state index in [2.05, 4.69) is 48.4 Å². The summed E-state index contributed by atoms with van der Waals surface area (Å²) >= 11 is 1.41. The van der Waals surface area contributed by atoms with Gasteiger partial charge in [-0.3, -0.25) is 9.59 Å². The summed E-state index contributed by atoms with van der Waals surface area (Å²) in [6.45, 7) is 6.49. The fourth-order valence-corrected chi connectivity index (χ4v) is 5.21. The largest absolute Gasteiger partial charge is 0.486 e. The molecule has 1 N–H and O–H groups in total. The van der Waals surface area contributed by atoms with Crippen molar-refractivity contribution in [2.24, 2.45) is 5.92 Å². The Labute approximate surface area is 223 Å². The van der Waals surface area contributed by atoms with Gasteiger partial charge in [0.25, 0.3) is 5.91 Å². The molecular weight excluding hydrogens is 484 g/mol. The van der Waals surface area contributed by atoms with Crippen molar-refractivity contribution in [1.29, 1.82) is 0 Å². The minimum atomic E-state index is -0.171. The number of nitrogens with zero attached hydrogens (tertiary/aromatic N) is 3. The average Bonchev–Trinajstić information content (AvgIpc) is 3.36. The fraction of sp³-hybridized carbons (Fsp3) is 0.414. The first-order valence-electron chi connectivity index (χ1n) is 12.8. The van der Waals surface area contributed by atoms with Crippen LogP contribution in [0, 0.1) is 5.92 Å². The normalized spacial score (nSPS) is 15.1. The lowest BCUT2D eigenvalue weighted by Gasteiger charge is -2.38. The third-order valence-corrected chi connectivity index (χ3v) is 7.18. The Kier molecular flexibility index (Phi) is 8.95. The van der Waals surface area contributed by atoms with Gasteiger partial charge in [-0.25, -0.2) is 4.98 Å². The fourth-order valence-electron chi connectivity index (χ4n) is 4.52. The van der Waals surface area contributed by atoms with Gasteiger partial charge in [-0.2, -0.15) is 0 Å². The van der Waals surface area contributed by atoms with Crippen LogP contribution in [0.3, 0.4) is 0 Å². The minimum absolute atomic E-state index is 0.142. The summed E-state index contributed by atoms with van der Waals surface area (Å²) in [5, 5.41) is 5.39. The quantitative estimate of drug-likeness (QED) is 0.425. The van der Waals surface area contributed by atoms with Crippen LogP contribution in [0.25, 0.3) is 0 Å². The predicted molar refractivity (Wildman–Crippen MR) is 147 cm³/mol. The van der Waals surface area contributed by atoms with Gasteiger partial charge < -0.3 is 19.9 Å². The molecule has 196 valence electrons. The molecule has 0 aliphatic carbocycles. The molecule has 0 spiro atoms. The molecule has 0 saturated carbocycles. The van der Waals surface area contributed by atoms with Crippen molar-refractivity contribution in [1.82, 2.24) is 20.1 Å². The number of hydrogen-bond acceptors (Lipinski definition) is 6. The summed E-state index contributed by atoms with van der Waals surface area (Å²) in [4.78, 5) is 34.0. The maximum Gasteiger partial charge on any atom is 0.270 e. The molecule has 3 aromatic rings. The van der Waals surface area contributed by atoms with E-state index in [1.54, 1.807) is 5.38 Å². The van der Waals surface area contributed by atoms with E-state index in [0.717, 1.165) is 34.8 Å². The van der Waals surface area contributed by atoms with Gasteiger partial charge in [0, 0.05) is 31.4 Å². The second kappa shape index (κ2) is 12.3. The van der Waals surface area contributed by atoms with E-state index in [-0.39, 0.29) is 24.5 Å². The lowest BCUT2D eigenvalue weighted by atomic mass is 9.87. The van der Waals surface area contributed by atoms with E-state index in [1.165, 1.54) is 16.9 Å². The lowest BCUT2D eigenvalue weighted by Crippen LogP contribution is -2.41. The standard InChI is InChI=1S/C29H36N4O3S/c1-20(2)16-27(34)33-14-12-21-10-11-23(17-24(21)28(33)22-8-6-5-7-9-22)36-18-26-31-25(19-37-26)29(35)30-13-15-32(3)4/h5-11,17,19-20,28H,12-16,18H2,1-4H3,(H,30,35)/t28-/m0/s1. The molecule has 0 saturated heterocycles. The molecule has 2 amide bonds. The molecule has 8 heteroatoms. The first-order valence-corrected chi connectivity index (χ1v) is 13.7. The van der Waals surface area contributed by atoms with Crippen LogP contribution in [0.15, 0.2) is 53.9 Å². The molecule has 0 unspecified atom stereocenters. The molecule has 37 heavy (non-hydrogen) atoms. The molecule has 0 radical (unpaired) electrons. The van der Waals surface area contributed by atoms with Crippen LogP contribution in [0.4, 0.5) is 0 Å². The molecule has 4 rings (SSSR count). The van der Waals surface area contributed by atoms with Gasteiger partial charge in [0.2, 0.25) is 5.91 Å². The molecular formula is C29H36N4O3S. The molecule has 7 nitrogen and oxygen atoms in total. The van der Waals surface area contributed by atoms with Crippen LogP contribution in [0.2, 0.25) is 0 Å². The number of nitrogens with one attached hydrogen (secondary N) is 1. The highest BCUT2D eigenvalue weighted by Crippen LogP contribution is 2.38. The Balaban J connectivity index is 1.49. The Bertz CT molecular complexity index is 1210. The van der Waals surface area contributed by atoms with Crippen molar-refractivity contribution in [2.75, 3.05) is 33.7 Å². The van der Waals surface area contributed by atoms with Gasteiger partial charge in [0.1, 0.15) is 23.1 Å². The molecule has 1 aromatic heterocycles. The summed E-state index contributed by atoms with van der Waals surface area (Å²) in [7, 11) is 3.93. The number of likely N-dealkylation sites (N-methyl/N-ethyl adjacent to an activating group) is 1. The first kappa shape index (κ1) is 26.8. The van der Waals surface area contributed by atoms with Crippen LogP contribution >= 0.6 is 11.3 Å². The number of amides is 2. The van der Waals surface area contributed by atoms with Gasteiger partial charge >= 0.3 is 0 Å². The third kappa shape index (κ3) is 6.96. The minimum Gasteiger partial charge on any atom is -0.486 e. The molecule has 2 heterocycles. The second-order valence-corrected chi connectivity index (χ2v) is 11.0. The smallest absolute Gasteiger partial charge is 0.270 e. The van der Waals surface area contributed by atoms with E-state index >= 15 is 0 Å². The van der Waals surface area contributed by atoms with Crippen molar-refractivity contribution in [2.45, 2.75) is 39.3 Å². The summed E-state index contributed by atoms with van der Waals surface area (Å²) < 4.78 is 6.11. The predicted octanol–water partition coefficient (Wildman–Crippen LogP) is 4.53. The summed E-state index contributed by atoms with van der Waals surface area (Å²) in [6, 6.07) is 16.2. The zero-order valence-electron chi connectivity index (χ0n) is 22.1. The Hall–Kier alpha value is -3.23. The second-order valence-electron chi connectivity index (χ2n) is 10.1. The number of rotatable bonds is 10. The van der Waals surface area contributed by atoms with Crippen LogP contribution in [-0.2, 0) is 17.8 Å². The molecule has 1 atom stereocenters. The van der Waals surface area contributed by atoms with Crippen molar-refractivity contribution < 1.29 is 14.3 Å². The van der Waals surface area contributed by atoms with Gasteiger partial charge in [-0.05, 0) is 55.3 Å². The van der Waals surface area contributed by atoms with Crippen LogP contribution in [0.5, 0.6) is 5.75 Å². The van der Waals surface area contributed by atoms with Gasteiger partial charge in [-0.15, -0.1) is 11.3 Å². The lowest BCUT2D eigenvalue weighted by molar-refractivity contribution is -0.134. The number of aromatic nitrogens is 1. The highest BCUT2D eigenvalue weighted by Gasteiger charge is 2.32. The van der Waals surface area contributed by atoms with Gasteiger partial charge in [-0.1, -0.05) is 50.2 Å². The van der Waals surface area contributed by atoms with E-state index in [0.29, 0.717) is 31.1 Å². The summed E-state index contributed by atoms with van der Waals surface area (Å²) in [5.41, 5.74) is 3.85. The van der Waals surface area contributed by atoms with Crippen LogP contribution < -0.4 is 10.1 Å². The number of hydrogen-bond donors (Lipinski definition) is 1. The van der Waals surface area contributed by atoms with E-state index in [9.17, 15) is 9.59 Å². The van der Waals surface area contributed by atoms with E-state index in [4.69, 9.17) is 4.74 Å². The highest BCUT2D eigenvalue weighted by molar-refractivity contribution is 7.09. The van der Waals surface area contributed by atoms with Gasteiger partial charge in [0.15, 0.2) is 0 Å². The Morgan fingerprint density at radius 3 is 2.70 bits per heavy atom. The molecule has 1 aliphatic heterocycles. The van der Waals surface area contributed by atoms with Crippen molar-refractivity contribution >= 4 is 23.2 Å². The maximum absolute atomic E-state index is 13.2. The van der Waals surface area contributed by atoms with Crippen molar-refractivity contribution in [3.05, 3.63) is 81.3 Å². The van der Waals surface area contributed by atoms with Gasteiger partial charge in [0.05, 0.1) is 6.04 Å². The number of carbonyl (C=O) groups is 2. The molecule has 1 aliphatic rings. The molecule has 2 aromatic carbocycles. The molecule has 0 bridgehead atoms. The Morgan fingerprint density at radius 2 is 1.97 bits per heavy atom. The van der Waals surface area contributed by atoms with Crippen LogP contribution in [-0.4, -0.2) is 60.3 Å². The number of benzene rings is 2. The topological polar surface area (TPSA) is 74.8 Å². The number of fused-ring (bicyclic) bond motifs is 1. The number of ether oxygens (including phenoxy) is 1. The summed E-state index contributed by atoms with van der Waals surface area (Å²) in [5.74, 6) is 1.04. The summed E-state index contributed by atoms with van der Waals surface area (Å²) in [6.07, 6.45) is 1.35. The van der Waals surface area contributed by atoms with E-state index in [1.807, 2.05) is 48.2 Å². The number of thiazole rings is 1. The SMILES string of the molecule is CC(C)CC(=O)N1CCc2ccc(OCc3nc(C(=O)NCCN(C)C)cs3)cc2[C@@H]1c1ccccc1. The number of carbonyl (C=O) groups excluding carboxylic acids is 2. The van der Waals surface area contributed by atoms with Crippen molar-refractivity contribution in [3.63, 3.8) is 0 Å². The zero-order valence-corrected chi connectivity index (χ0v) is 22.9. The highest BCUT2D eigenvalue weighted by atomic mass is 32.1.